The average Bonchev–Trinajstić information content (AvgIpc) is 2.27. The maximum Gasteiger partial charge on any atom is 0.126 e. The van der Waals surface area contributed by atoms with E-state index in [1.807, 2.05) is 0 Å². The Labute approximate surface area is 107 Å². The van der Waals surface area contributed by atoms with Gasteiger partial charge in [-0.2, -0.15) is 0 Å². The molecule has 0 spiro atoms. The zero-order chi connectivity index (χ0) is 13.1. The quantitative estimate of drug-likeness (QED) is 0.891. The molecule has 0 saturated carbocycles. The van der Waals surface area contributed by atoms with E-state index in [9.17, 15) is 8.78 Å². The average molecular weight is 254 g/mol. The van der Waals surface area contributed by atoms with Crippen LogP contribution < -0.4 is 5.32 Å². The molecule has 1 heterocycles. The highest BCUT2D eigenvalue weighted by Crippen LogP contribution is 2.14. The number of rotatable bonds is 3. The molecule has 0 aromatic heterocycles. The maximum absolute atomic E-state index is 13.1. The lowest BCUT2D eigenvalue weighted by Crippen LogP contribution is -2.52. The van der Waals surface area contributed by atoms with Gasteiger partial charge >= 0.3 is 0 Å². The molecule has 1 fully saturated rings. The van der Waals surface area contributed by atoms with E-state index in [2.05, 4.69) is 24.1 Å². The van der Waals surface area contributed by atoms with Gasteiger partial charge in [0.1, 0.15) is 11.6 Å². The van der Waals surface area contributed by atoms with Crippen molar-refractivity contribution >= 4 is 0 Å². The van der Waals surface area contributed by atoms with Crippen LogP contribution in [-0.2, 0) is 6.54 Å². The van der Waals surface area contributed by atoms with Gasteiger partial charge in [-0.15, -0.1) is 0 Å². The minimum absolute atomic E-state index is 0.456. The standard InChI is InChI=1S/C14H20F2N2/c1-10(2)14-9-18(4-3-17-14)8-11-5-12(15)7-13(16)6-11/h5-7,10,14,17H,3-4,8-9H2,1-2H3. The SMILES string of the molecule is CC(C)C1CN(Cc2cc(F)cc(F)c2)CCN1. The highest BCUT2D eigenvalue weighted by Gasteiger charge is 2.21. The summed E-state index contributed by atoms with van der Waals surface area (Å²) >= 11 is 0. The summed E-state index contributed by atoms with van der Waals surface area (Å²) in [6, 6.07) is 4.19. The van der Waals surface area contributed by atoms with E-state index in [1.54, 1.807) is 0 Å². The van der Waals surface area contributed by atoms with Crippen molar-refractivity contribution in [1.29, 1.82) is 0 Å². The first-order valence-electron chi connectivity index (χ1n) is 6.45. The highest BCUT2D eigenvalue weighted by atomic mass is 19.1. The topological polar surface area (TPSA) is 15.3 Å². The van der Waals surface area contributed by atoms with Gasteiger partial charge in [-0.3, -0.25) is 4.90 Å². The second-order valence-corrected chi connectivity index (χ2v) is 5.32. The lowest BCUT2D eigenvalue weighted by molar-refractivity contribution is 0.168. The first-order valence-corrected chi connectivity index (χ1v) is 6.45. The zero-order valence-corrected chi connectivity index (χ0v) is 10.9. The molecule has 1 saturated heterocycles. The van der Waals surface area contributed by atoms with E-state index in [0.717, 1.165) is 25.7 Å². The summed E-state index contributed by atoms with van der Waals surface area (Å²) in [7, 11) is 0. The van der Waals surface area contributed by atoms with Crippen LogP contribution in [0.5, 0.6) is 0 Å². The third-order valence-corrected chi connectivity index (χ3v) is 3.42. The van der Waals surface area contributed by atoms with Crippen LogP contribution in [0, 0.1) is 17.6 Å². The molecule has 1 aromatic rings. The van der Waals surface area contributed by atoms with Gasteiger partial charge in [-0.1, -0.05) is 13.8 Å². The normalized spacial score (nSPS) is 21.5. The van der Waals surface area contributed by atoms with Gasteiger partial charge in [-0.25, -0.2) is 8.78 Å². The maximum atomic E-state index is 13.1. The summed E-state index contributed by atoms with van der Waals surface area (Å²) in [6.07, 6.45) is 0. The molecule has 1 aliphatic rings. The Kier molecular flexibility index (Phi) is 4.30. The summed E-state index contributed by atoms with van der Waals surface area (Å²) in [5, 5.41) is 3.47. The summed E-state index contributed by atoms with van der Waals surface area (Å²) < 4.78 is 26.2. The van der Waals surface area contributed by atoms with E-state index in [1.165, 1.54) is 12.1 Å². The molecule has 0 aliphatic carbocycles. The molecule has 18 heavy (non-hydrogen) atoms. The van der Waals surface area contributed by atoms with E-state index in [-0.39, 0.29) is 0 Å². The molecule has 1 aliphatic heterocycles. The van der Waals surface area contributed by atoms with Crippen molar-refractivity contribution in [2.45, 2.75) is 26.4 Å². The molecule has 1 atom stereocenters. The van der Waals surface area contributed by atoms with E-state index in [0.29, 0.717) is 24.1 Å². The second kappa shape index (κ2) is 5.76. The fraction of sp³-hybridized carbons (Fsp3) is 0.571. The van der Waals surface area contributed by atoms with E-state index < -0.39 is 11.6 Å². The number of hydrogen-bond acceptors (Lipinski definition) is 2. The minimum Gasteiger partial charge on any atom is -0.311 e. The number of halogens is 2. The Hall–Kier alpha value is -1.00. The molecule has 2 rings (SSSR count). The fourth-order valence-corrected chi connectivity index (χ4v) is 2.39. The van der Waals surface area contributed by atoms with Gasteiger partial charge in [-0.05, 0) is 23.6 Å². The Morgan fingerprint density at radius 3 is 2.56 bits per heavy atom. The van der Waals surface area contributed by atoms with Crippen LogP contribution >= 0.6 is 0 Å². The Morgan fingerprint density at radius 1 is 1.28 bits per heavy atom. The molecule has 100 valence electrons. The van der Waals surface area contributed by atoms with Gasteiger partial charge in [0, 0.05) is 38.3 Å². The van der Waals surface area contributed by atoms with Gasteiger partial charge in [0.15, 0.2) is 0 Å². The zero-order valence-electron chi connectivity index (χ0n) is 10.9. The highest BCUT2D eigenvalue weighted by molar-refractivity contribution is 5.17. The number of nitrogens with one attached hydrogen (secondary N) is 1. The molecule has 4 heteroatoms. The second-order valence-electron chi connectivity index (χ2n) is 5.32. The van der Waals surface area contributed by atoms with Crippen molar-refractivity contribution in [2.75, 3.05) is 19.6 Å². The predicted octanol–water partition coefficient (Wildman–Crippen LogP) is 2.39. The van der Waals surface area contributed by atoms with Crippen molar-refractivity contribution in [3.63, 3.8) is 0 Å². The molecule has 0 amide bonds. The molecular formula is C14H20F2N2. The molecule has 1 N–H and O–H groups in total. The molecule has 0 radical (unpaired) electrons. The molecular weight excluding hydrogens is 234 g/mol. The minimum atomic E-state index is -0.499. The largest absolute Gasteiger partial charge is 0.311 e. The van der Waals surface area contributed by atoms with Crippen molar-refractivity contribution < 1.29 is 8.78 Å². The molecule has 0 bridgehead atoms. The Balaban J connectivity index is 2.00. The Morgan fingerprint density at radius 2 is 1.94 bits per heavy atom. The van der Waals surface area contributed by atoms with Crippen LogP contribution in [0.2, 0.25) is 0 Å². The first kappa shape index (κ1) is 13.4. The van der Waals surface area contributed by atoms with Crippen LogP contribution in [0.25, 0.3) is 0 Å². The fourth-order valence-electron chi connectivity index (χ4n) is 2.39. The van der Waals surface area contributed by atoms with Crippen LogP contribution in [0.4, 0.5) is 8.78 Å². The number of piperazine rings is 1. The van der Waals surface area contributed by atoms with Crippen LogP contribution in [0.1, 0.15) is 19.4 Å². The summed E-state index contributed by atoms with van der Waals surface area (Å²) in [4.78, 5) is 2.25. The van der Waals surface area contributed by atoms with Crippen molar-refractivity contribution in [3.05, 3.63) is 35.4 Å². The van der Waals surface area contributed by atoms with Gasteiger partial charge in [0.05, 0.1) is 0 Å². The molecule has 1 aromatic carbocycles. The van der Waals surface area contributed by atoms with Crippen molar-refractivity contribution in [2.24, 2.45) is 5.92 Å². The number of benzene rings is 1. The predicted molar refractivity (Wildman–Crippen MR) is 68.3 cm³/mol. The van der Waals surface area contributed by atoms with Gasteiger partial charge in [0.25, 0.3) is 0 Å². The lowest BCUT2D eigenvalue weighted by Gasteiger charge is -2.35. The summed E-state index contributed by atoms with van der Waals surface area (Å²) in [5.41, 5.74) is 0.705. The summed E-state index contributed by atoms with van der Waals surface area (Å²) in [5.74, 6) is -0.432. The van der Waals surface area contributed by atoms with Crippen molar-refractivity contribution in [1.82, 2.24) is 10.2 Å². The van der Waals surface area contributed by atoms with Gasteiger partial charge in [0.2, 0.25) is 0 Å². The first-order chi connectivity index (χ1) is 8.54. The van der Waals surface area contributed by atoms with Gasteiger partial charge < -0.3 is 5.32 Å². The number of nitrogens with zero attached hydrogens (tertiary/aromatic N) is 1. The van der Waals surface area contributed by atoms with Crippen molar-refractivity contribution in [3.8, 4) is 0 Å². The monoisotopic (exact) mass is 254 g/mol. The third kappa shape index (κ3) is 3.50. The van der Waals surface area contributed by atoms with Crippen LogP contribution in [-0.4, -0.2) is 30.6 Å². The van der Waals surface area contributed by atoms with Crippen LogP contribution in [0.15, 0.2) is 18.2 Å². The third-order valence-electron chi connectivity index (χ3n) is 3.42. The van der Waals surface area contributed by atoms with E-state index in [4.69, 9.17) is 0 Å². The summed E-state index contributed by atoms with van der Waals surface area (Å²) in [6.45, 7) is 7.75. The molecule has 2 nitrogen and oxygen atoms in total. The Bertz CT molecular complexity index is 387. The lowest BCUT2D eigenvalue weighted by atomic mass is 10.0. The number of hydrogen-bond donors (Lipinski definition) is 1. The van der Waals surface area contributed by atoms with E-state index >= 15 is 0 Å². The smallest absolute Gasteiger partial charge is 0.126 e. The molecule has 1 unspecified atom stereocenters. The van der Waals surface area contributed by atoms with Crippen LogP contribution in [0.3, 0.4) is 0 Å².